The number of nitrogens with zero attached hydrogens (tertiary/aromatic N) is 2. The van der Waals surface area contributed by atoms with Gasteiger partial charge in [0.15, 0.2) is 6.10 Å². The number of anilines is 1. The molecular weight excluding hydrogens is 354 g/mol. The maximum Gasteiger partial charge on any atom is 0.267 e. The van der Waals surface area contributed by atoms with E-state index in [1.807, 2.05) is 24.3 Å². The van der Waals surface area contributed by atoms with Crippen molar-refractivity contribution >= 4 is 29.9 Å². The van der Waals surface area contributed by atoms with E-state index in [4.69, 9.17) is 4.74 Å². The Hall–Kier alpha value is -1.79. The molecule has 0 spiro atoms. The third-order valence-electron chi connectivity index (χ3n) is 5.57. The van der Waals surface area contributed by atoms with Crippen LogP contribution in [-0.2, 0) is 9.59 Å². The van der Waals surface area contributed by atoms with Crippen LogP contribution >= 0.6 is 12.4 Å². The molecule has 2 bridgehead atoms. The quantitative estimate of drug-likeness (QED) is 0.872. The van der Waals surface area contributed by atoms with E-state index in [2.05, 4.69) is 10.2 Å². The summed E-state index contributed by atoms with van der Waals surface area (Å²) in [6.45, 7) is 4.04. The molecule has 142 valence electrons. The third-order valence-corrected chi connectivity index (χ3v) is 5.57. The van der Waals surface area contributed by atoms with Crippen LogP contribution in [0.1, 0.15) is 32.6 Å². The number of rotatable bonds is 3. The number of carbonyl (C=O) groups excluding carboxylic acids is 2. The number of hydrogen-bond donors (Lipinski definition) is 1. The van der Waals surface area contributed by atoms with E-state index < -0.39 is 6.10 Å². The normalized spacial score (nSPS) is 27.3. The van der Waals surface area contributed by atoms with E-state index >= 15 is 0 Å². The Morgan fingerprint density at radius 1 is 1.23 bits per heavy atom. The minimum absolute atomic E-state index is 0. The predicted molar refractivity (Wildman–Crippen MR) is 102 cm³/mol. The van der Waals surface area contributed by atoms with Gasteiger partial charge < -0.3 is 19.9 Å². The molecular formula is C19H26ClN3O3. The monoisotopic (exact) mass is 379 g/mol. The van der Waals surface area contributed by atoms with Gasteiger partial charge in [0.2, 0.25) is 5.91 Å². The standard InChI is InChI=1S/C19H25N3O3.ClH/c1-13-19(24)21(16-4-2-3-5-17(16)25-13)11-9-18(23)22-14-6-7-15(22)12-20-10-8-14;/h2-5,13-15,20H,6-12H2,1H3;1H. The molecule has 3 aliphatic rings. The molecule has 3 aliphatic heterocycles. The molecule has 0 radical (unpaired) electrons. The van der Waals surface area contributed by atoms with Crippen LogP contribution in [0.5, 0.6) is 5.75 Å². The Bertz CT molecular complexity index is 670. The molecule has 2 amide bonds. The zero-order valence-electron chi connectivity index (χ0n) is 15.0. The van der Waals surface area contributed by atoms with Gasteiger partial charge in [0.1, 0.15) is 5.75 Å². The predicted octanol–water partition coefficient (Wildman–Crippen LogP) is 1.97. The van der Waals surface area contributed by atoms with Crippen LogP contribution in [0, 0.1) is 0 Å². The summed E-state index contributed by atoms with van der Waals surface area (Å²) in [5, 5.41) is 3.42. The van der Waals surface area contributed by atoms with Crippen molar-refractivity contribution in [2.45, 2.75) is 50.8 Å². The highest BCUT2D eigenvalue weighted by Crippen LogP contribution is 2.34. The maximum absolute atomic E-state index is 12.9. The summed E-state index contributed by atoms with van der Waals surface area (Å²) in [6, 6.07) is 8.20. The van der Waals surface area contributed by atoms with E-state index in [1.165, 1.54) is 0 Å². The summed E-state index contributed by atoms with van der Waals surface area (Å²) in [5.74, 6) is 0.800. The van der Waals surface area contributed by atoms with Crippen LogP contribution < -0.4 is 15.0 Å². The first-order valence-electron chi connectivity index (χ1n) is 9.24. The van der Waals surface area contributed by atoms with Crippen LogP contribution in [0.4, 0.5) is 5.69 Å². The summed E-state index contributed by atoms with van der Waals surface area (Å²) in [7, 11) is 0. The van der Waals surface area contributed by atoms with Crippen molar-refractivity contribution < 1.29 is 14.3 Å². The van der Waals surface area contributed by atoms with Gasteiger partial charge in [-0.25, -0.2) is 0 Å². The van der Waals surface area contributed by atoms with Gasteiger partial charge in [-0.3, -0.25) is 9.59 Å². The van der Waals surface area contributed by atoms with Crippen molar-refractivity contribution in [2.75, 3.05) is 24.5 Å². The second-order valence-electron chi connectivity index (χ2n) is 7.15. The van der Waals surface area contributed by atoms with Crippen molar-refractivity contribution in [3.05, 3.63) is 24.3 Å². The average Bonchev–Trinajstić information content (AvgIpc) is 2.88. The minimum atomic E-state index is -0.511. The van der Waals surface area contributed by atoms with Gasteiger partial charge in [-0.05, 0) is 44.9 Å². The van der Waals surface area contributed by atoms with E-state index in [1.54, 1.807) is 11.8 Å². The van der Waals surface area contributed by atoms with Gasteiger partial charge in [-0.1, -0.05) is 12.1 Å². The largest absolute Gasteiger partial charge is 0.479 e. The molecule has 2 saturated heterocycles. The lowest BCUT2D eigenvalue weighted by Gasteiger charge is -2.34. The topological polar surface area (TPSA) is 61.9 Å². The zero-order valence-corrected chi connectivity index (χ0v) is 15.8. The van der Waals surface area contributed by atoms with Gasteiger partial charge in [-0.2, -0.15) is 0 Å². The molecule has 1 N–H and O–H groups in total. The van der Waals surface area contributed by atoms with E-state index in [-0.39, 0.29) is 24.2 Å². The number of carbonyl (C=O) groups is 2. The lowest BCUT2D eigenvalue weighted by Crippen LogP contribution is -2.47. The zero-order chi connectivity index (χ0) is 17.4. The Kier molecular flexibility index (Phi) is 5.73. The number of amides is 2. The van der Waals surface area contributed by atoms with E-state index in [0.29, 0.717) is 30.8 Å². The lowest BCUT2D eigenvalue weighted by atomic mass is 10.1. The molecule has 0 aliphatic carbocycles. The summed E-state index contributed by atoms with van der Waals surface area (Å²) in [5.41, 5.74) is 0.763. The second-order valence-corrected chi connectivity index (χ2v) is 7.15. The third kappa shape index (κ3) is 3.40. The average molecular weight is 380 g/mol. The molecule has 4 rings (SSSR count). The van der Waals surface area contributed by atoms with Crippen LogP contribution in [-0.4, -0.2) is 54.5 Å². The summed E-state index contributed by atoms with van der Waals surface area (Å²) in [6.07, 6.45) is 3.07. The van der Waals surface area contributed by atoms with Crippen LogP contribution in [0.2, 0.25) is 0 Å². The van der Waals surface area contributed by atoms with Crippen molar-refractivity contribution in [2.24, 2.45) is 0 Å². The molecule has 0 saturated carbocycles. The van der Waals surface area contributed by atoms with Crippen molar-refractivity contribution in [3.8, 4) is 5.75 Å². The molecule has 3 unspecified atom stereocenters. The Morgan fingerprint density at radius 2 is 2.00 bits per heavy atom. The number of benzene rings is 1. The highest BCUT2D eigenvalue weighted by atomic mass is 35.5. The number of fused-ring (bicyclic) bond motifs is 3. The van der Waals surface area contributed by atoms with Crippen LogP contribution in [0.15, 0.2) is 24.3 Å². The SMILES string of the molecule is CC1Oc2ccccc2N(CCC(=O)N2C3CCNCC2CC3)C1=O.Cl. The highest BCUT2D eigenvalue weighted by molar-refractivity contribution is 6.00. The summed E-state index contributed by atoms with van der Waals surface area (Å²) >= 11 is 0. The number of halogens is 1. The minimum Gasteiger partial charge on any atom is -0.479 e. The first-order chi connectivity index (χ1) is 12.1. The second kappa shape index (κ2) is 7.84. The van der Waals surface area contributed by atoms with Crippen molar-refractivity contribution in [3.63, 3.8) is 0 Å². The molecule has 26 heavy (non-hydrogen) atoms. The maximum atomic E-state index is 12.9. The fourth-order valence-corrected chi connectivity index (χ4v) is 4.32. The molecule has 3 atom stereocenters. The highest BCUT2D eigenvalue weighted by Gasteiger charge is 2.38. The van der Waals surface area contributed by atoms with E-state index in [0.717, 1.165) is 38.0 Å². The van der Waals surface area contributed by atoms with Crippen LogP contribution in [0.3, 0.4) is 0 Å². The first-order valence-corrected chi connectivity index (χ1v) is 9.24. The molecule has 6 nitrogen and oxygen atoms in total. The summed E-state index contributed by atoms with van der Waals surface area (Å²) in [4.78, 5) is 29.2. The van der Waals surface area contributed by atoms with Crippen molar-refractivity contribution in [1.82, 2.24) is 10.2 Å². The van der Waals surface area contributed by atoms with Gasteiger partial charge in [0.05, 0.1) is 5.69 Å². The van der Waals surface area contributed by atoms with Gasteiger partial charge in [-0.15, -0.1) is 12.4 Å². The van der Waals surface area contributed by atoms with Gasteiger partial charge in [0.25, 0.3) is 5.91 Å². The first kappa shape index (κ1) is 19.0. The number of nitrogens with one attached hydrogen (secondary N) is 1. The fourth-order valence-electron chi connectivity index (χ4n) is 4.32. The molecule has 0 aromatic heterocycles. The molecule has 3 heterocycles. The van der Waals surface area contributed by atoms with Gasteiger partial charge >= 0.3 is 0 Å². The Balaban J connectivity index is 0.00000196. The Labute approximate surface area is 160 Å². The van der Waals surface area contributed by atoms with Crippen LogP contribution in [0.25, 0.3) is 0 Å². The number of hydrogen-bond acceptors (Lipinski definition) is 4. The molecule has 1 aromatic rings. The van der Waals surface area contributed by atoms with Crippen molar-refractivity contribution in [1.29, 1.82) is 0 Å². The number of para-hydroxylation sites is 2. The Morgan fingerprint density at radius 3 is 2.85 bits per heavy atom. The smallest absolute Gasteiger partial charge is 0.267 e. The van der Waals surface area contributed by atoms with E-state index in [9.17, 15) is 9.59 Å². The summed E-state index contributed by atoms with van der Waals surface area (Å²) < 4.78 is 5.66. The lowest BCUT2D eigenvalue weighted by molar-refractivity contribution is -0.133. The fraction of sp³-hybridized carbons (Fsp3) is 0.579. The molecule has 1 aromatic carbocycles. The number of ether oxygens (including phenoxy) is 1. The van der Waals surface area contributed by atoms with Gasteiger partial charge in [0, 0.05) is 31.6 Å². The molecule has 7 heteroatoms. The molecule has 2 fully saturated rings.